The number of hydrogen-bond donors (Lipinski definition) is 0. The highest BCUT2D eigenvalue weighted by Crippen LogP contribution is 2.20. The van der Waals surface area contributed by atoms with Gasteiger partial charge in [-0.15, -0.1) is 0 Å². The molecule has 0 saturated carbocycles. The SMILES string of the molecule is CCOc1ccccc1C(=O)CS(=O)c1cccc(C)c1. The maximum atomic E-state index is 12.3. The molecule has 110 valence electrons. The van der Waals surface area contributed by atoms with E-state index in [4.69, 9.17) is 4.74 Å². The van der Waals surface area contributed by atoms with Crippen LogP contribution in [-0.2, 0) is 10.8 Å². The van der Waals surface area contributed by atoms with E-state index in [0.717, 1.165) is 5.56 Å². The largest absolute Gasteiger partial charge is 0.493 e. The van der Waals surface area contributed by atoms with Crippen molar-refractivity contribution < 1.29 is 13.7 Å². The minimum Gasteiger partial charge on any atom is -0.493 e. The molecule has 0 bridgehead atoms. The number of aryl methyl sites for hydroxylation is 1. The van der Waals surface area contributed by atoms with Gasteiger partial charge in [0.05, 0.1) is 28.7 Å². The van der Waals surface area contributed by atoms with Gasteiger partial charge in [0.15, 0.2) is 5.78 Å². The molecule has 21 heavy (non-hydrogen) atoms. The molecule has 1 unspecified atom stereocenters. The molecule has 0 fully saturated rings. The Balaban J connectivity index is 2.16. The second kappa shape index (κ2) is 7.18. The summed E-state index contributed by atoms with van der Waals surface area (Å²) in [5.74, 6) is 0.346. The molecule has 2 rings (SSSR count). The maximum Gasteiger partial charge on any atom is 0.179 e. The van der Waals surface area contributed by atoms with E-state index < -0.39 is 10.8 Å². The highest BCUT2D eigenvalue weighted by molar-refractivity contribution is 7.85. The van der Waals surface area contributed by atoms with Gasteiger partial charge in [0.25, 0.3) is 0 Å². The van der Waals surface area contributed by atoms with E-state index in [1.165, 1.54) is 0 Å². The number of benzene rings is 2. The van der Waals surface area contributed by atoms with Crippen LogP contribution in [0.4, 0.5) is 0 Å². The number of rotatable bonds is 6. The summed E-state index contributed by atoms with van der Waals surface area (Å²) >= 11 is 0. The first-order valence-electron chi connectivity index (χ1n) is 6.82. The van der Waals surface area contributed by atoms with Gasteiger partial charge in [-0.2, -0.15) is 0 Å². The van der Waals surface area contributed by atoms with E-state index in [9.17, 15) is 9.00 Å². The lowest BCUT2D eigenvalue weighted by atomic mass is 10.1. The van der Waals surface area contributed by atoms with Crippen LogP contribution in [0.15, 0.2) is 53.4 Å². The Morgan fingerprint density at radius 2 is 1.90 bits per heavy atom. The number of carbonyl (C=O) groups excluding carboxylic acids is 1. The fourth-order valence-corrected chi connectivity index (χ4v) is 3.12. The van der Waals surface area contributed by atoms with Crippen LogP contribution in [0.3, 0.4) is 0 Å². The summed E-state index contributed by atoms with van der Waals surface area (Å²) in [7, 11) is -1.34. The van der Waals surface area contributed by atoms with Crippen LogP contribution < -0.4 is 4.74 Å². The van der Waals surface area contributed by atoms with E-state index in [1.807, 2.05) is 38.1 Å². The molecule has 0 radical (unpaired) electrons. The van der Waals surface area contributed by atoms with Gasteiger partial charge >= 0.3 is 0 Å². The average Bonchev–Trinajstić information content (AvgIpc) is 2.48. The number of ether oxygens (including phenoxy) is 1. The molecular formula is C17H18O3S. The molecule has 0 heterocycles. The number of para-hydroxylation sites is 1. The van der Waals surface area contributed by atoms with Crippen molar-refractivity contribution in [1.82, 2.24) is 0 Å². The molecule has 4 heteroatoms. The van der Waals surface area contributed by atoms with Crippen LogP contribution in [0.2, 0.25) is 0 Å². The molecular weight excluding hydrogens is 284 g/mol. The molecule has 0 spiro atoms. The van der Waals surface area contributed by atoms with Crippen molar-refractivity contribution in [2.45, 2.75) is 18.7 Å². The summed E-state index contributed by atoms with van der Waals surface area (Å²) in [6.45, 7) is 4.30. The van der Waals surface area contributed by atoms with Crippen molar-refractivity contribution in [3.8, 4) is 5.75 Å². The average molecular weight is 302 g/mol. The Morgan fingerprint density at radius 1 is 1.14 bits per heavy atom. The summed E-state index contributed by atoms with van der Waals surface area (Å²) in [5, 5.41) is 0. The van der Waals surface area contributed by atoms with Crippen LogP contribution in [0, 0.1) is 6.92 Å². The van der Waals surface area contributed by atoms with Crippen molar-refractivity contribution >= 4 is 16.6 Å². The summed E-state index contributed by atoms with van der Waals surface area (Å²) < 4.78 is 17.7. The lowest BCUT2D eigenvalue weighted by molar-refractivity contribution is 0.101. The Hall–Kier alpha value is -1.94. The molecule has 2 aromatic carbocycles. The molecule has 0 aliphatic heterocycles. The fourth-order valence-electron chi connectivity index (χ4n) is 2.02. The minimum atomic E-state index is -1.34. The predicted molar refractivity (Wildman–Crippen MR) is 84.4 cm³/mol. The standard InChI is InChI=1S/C17H18O3S/c1-3-20-17-10-5-4-9-15(17)16(18)12-21(19)14-8-6-7-13(2)11-14/h4-11H,3,12H2,1-2H3. The van der Waals surface area contributed by atoms with Crippen molar-refractivity contribution in [3.63, 3.8) is 0 Å². The highest BCUT2D eigenvalue weighted by Gasteiger charge is 2.16. The summed E-state index contributed by atoms with van der Waals surface area (Å²) in [5.41, 5.74) is 1.52. The van der Waals surface area contributed by atoms with E-state index in [0.29, 0.717) is 22.8 Å². The Bertz CT molecular complexity index is 665. The Morgan fingerprint density at radius 3 is 2.62 bits per heavy atom. The van der Waals surface area contributed by atoms with Gasteiger partial charge in [-0.1, -0.05) is 24.3 Å². The zero-order valence-corrected chi connectivity index (χ0v) is 13.0. The predicted octanol–water partition coefficient (Wildman–Crippen LogP) is 3.38. The molecule has 3 nitrogen and oxygen atoms in total. The van der Waals surface area contributed by atoms with Crippen molar-refractivity contribution in [2.75, 3.05) is 12.4 Å². The molecule has 2 aromatic rings. The van der Waals surface area contributed by atoms with Crippen LogP contribution in [0.1, 0.15) is 22.8 Å². The molecule has 0 aliphatic rings. The maximum absolute atomic E-state index is 12.3. The third-order valence-electron chi connectivity index (χ3n) is 3.00. The normalized spacial score (nSPS) is 11.9. The van der Waals surface area contributed by atoms with E-state index >= 15 is 0 Å². The van der Waals surface area contributed by atoms with Gasteiger partial charge in [-0.3, -0.25) is 9.00 Å². The zero-order chi connectivity index (χ0) is 15.2. The van der Waals surface area contributed by atoms with Crippen molar-refractivity contribution in [2.24, 2.45) is 0 Å². The minimum absolute atomic E-state index is 0.0342. The molecule has 0 aliphatic carbocycles. The summed E-state index contributed by atoms with van der Waals surface area (Å²) in [6.07, 6.45) is 0. The monoisotopic (exact) mass is 302 g/mol. The summed E-state index contributed by atoms with van der Waals surface area (Å²) in [4.78, 5) is 13.0. The van der Waals surface area contributed by atoms with Gasteiger partial charge < -0.3 is 4.74 Å². The van der Waals surface area contributed by atoms with Crippen LogP contribution >= 0.6 is 0 Å². The first-order chi connectivity index (χ1) is 10.1. The first-order valence-corrected chi connectivity index (χ1v) is 8.13. The Labute approximate surface area is 127 Å². The quantitative estimate of drug-likeness (QED) is 0.768. The molecule has 1 atom stereocenters. The Kier molecular flexibility index (Phi) is 5.28. The summed E-state index contributed by atoms with van der Waals surface area (Å²) in [6, 6.07) is 14.5. The second-order valence-corrected chi connectivity index (χ2v) is 6.11. The van der Waals surface area contributed by atoms with Crippen molar-refractivity contribution in [1.29, 1.82) is 0 Å². The third kappa shape index (κ3) is 4.02. The van der Waals surface area contributed by atoms with Gasteiger partial charge in [-0.05, 0) is 43.7 Å². The van der Waals surface area contributed by atoms with Crippen LogP contribution in [0.5, 0.6) is 5.75 Å². The fraction of sp³-hybridized carbons (Fsp3) is 0.235. The lowest BCUT2D eigenvalue weighted by Gasteiger charge is -2.09. The molecule has 0 amide bonds. The highest BCUT2D eigenvalue weighted by atomic mass is 32.2. The van der Waals surface area contributed by atoms with Crippen LogP contribution in [-0.4, -0.2) is 22.4 Å². The molecule has 0 aromatic heterocycles. The molecule has 0 saturated heterocycles. The van der Waals surface area contributed by atoms with Gasteiger partial charge in [0.1, 0.15) is 5.75 Å². The van der Waals surface area contributed by atoms with Gasteiger partial charge in [0, 0.05) is 4.90 Å². The smallest absolute Gasteiger partial charge is 0.179 e. The molecule has 0 N–H and O–H groups in total. The third-order valence-corrected chi connectivity index (χ3v) is 4.31. The van der Waals surface area contributed by atoms with Crippen molar-refractivity contribution in [3.05, 3.63) is 59.7 Å². The first kappa shape index (κ1) is 15.4. The number of ketones is 1. The van der Waals surface area contributed by atoms with E-state index in [2.05, 4.69) is 0 Å². The second-order valence-electron chi connectivity index (χ2n) is 4.66. The lowest BCUT2D eigenvalue weighted by Crippen LogP contribution is -2.12. The van der Waals surface area contributed by atoms with Gasteiger partial charge in [-0.25, -0.2) is 0 Å². The van der Waals surface area contributed by atoms with E-state index in [-0.39, 0.29) is 11.5 Å². The number of hydrogen-bond acceptors (Lipinski definition) is 3. The van der Waals surface area contributed by atoms with Gasteiger partial charge in [0.2, 0.25) is 0 Å². The topological polar surface area (TPSA) is 43.4 Å². The number of Topliss-reactive ketones (excluding diaryl/α,β-unsaturated/α-hetero) is 1. The number of carbonyl (C=O) groups is 1. The zero-order valence-electron chi connectivity index (χ0n) is 12.2. The van der Waals surface area contributed by atoms with Crippen LogP contribution in [0.25, 0.3) is 0 Å². The van der Waals surface area contributed by atoms with E-state index in [1.54, 1.807) is 24.3 Å².